The predicted molar refractivity (Wildman–Crippen MR) is 69.2 cm³/mol. The third-order valence-corrected chi connectivity index (χ3v) is 2.88. The van der Waals surface area contributed by atoms with Crippen LogP contribution in [0, 0.1) is 0 Å². The fourth-order valence-electron chi connectivity index (χ4n) is 1.85. The quantitative estimate of drug-likeness (QED) is 0.791. The molecule has 0 unspecified atom stereocenters. The standard InChI is InChI=1S/C13H20ClN/c1-8(2)11-6-10(14)7-12(9(3)4)13(11)15-5/h6-9,15H,1-5H3. The highest BCUT2D eigenvalue weighted by atomic mass is 35.5. The van der Waals surface area contributed by atoms with Gasteiger partial charge in [0.2, 0.25) is 0 Å². The molecule has 1 aromatic rings. The lowest BCUT2D eigenvalue weighted by molar-refractivity contribution is 0.837. The molecule has 0 aliphatic rings. The fraction of sp³-hybridized carbons (Fsp3) is 0.538. The summed E-state index contributed by atoms with van der Waals surface area (Å²) in [5.41, 5.74) is 3.84. The smallest absolute Gasteiger partial charge is 0.0413 e. The van der Waals surface area contributed by atoms with Crippen molar-refractivity contribution in [3.05, 3.63) is 28.3 Å². The van der Waals surface area contributed by atoms with Crippen LogP contribution in [0.25, 0.3) is 0 Å². The number of benzene rings is 1. The molecule has 0 aromatic heterocycles. The van der Waals surface area contributed by atoms with Crippen molar-refractivity contribution in [2.75, 3.05) is 12.4 Å². The number of anilines is 1. The lowest BCUT2D eigenvalue weighted by Gasteiger charge is -2.19. The second kappa shape index (κ2) is 4.89. The number of hydrogen-bond donors (Lipinski definition) is 1. The van der Waals surface area contributed by atoms with Gasteiger partial charge in [0.05, 0.1) is 0 Å². The molecule has 0 saturated heterocycles. The zero-order valence-electron chi connectivity index (χ0n) is 10.2. The summed E-state index contributed by atoms with van der Waals surface area (Å²) < 4.78 is 0. The molecule has 1 aromatic carbocycles. The summed E-state index contributed by atoms with van der Waals surface area (Å²) in [5.74, 6) is 0.979. The van der Waals surface area contributed by atoms with Crippen LogP contribution in [-0.2, 0) is 0 Å². The summed E-state index contributed by atoms with van der Waals surface area (Å²) >= 11 is 6.14. The number of nitrogens with one attached hydrogen (secondary N) is 1. The highest BCUT2D eigenvalue weighted by Crippen LogP contribution is 2.34. The van der Waals surface area contributed by atoms with E-state index in [1.165, 1.54) is 16.8 Å². The first-order valence-electron chi connectivity index (χ1n) is 5.48. The Bertz CT molecular complexity index is 313. The molecule has 15 heavy (non-hydrogen) atoms. The van der Waals surface area contributed by atoms with E-state index in [4.69, 9.17) is 11.6 Å². The zero-order chi connectivity index (χ0) is 11.6. The van der Waals surface area contributed by atoms with Crippen molar-refractivity contribution in [1.82, 2.24) is 0 Å². The molecule has 0 aliphatic heterocycles. The molecule has 0 fully saturated rings. The average Bonchev–Trinajstić information content (AvgIpc) is 2.16. The Hall–Kier alpha value is -0.690. The summed E-state index contributed by atoms with van der Waals surface area (Å²) in [7, 11) is 1.97. The van der Waals surface area contributed by atoms with Gasteiger partial charge in [-0.05, 0) is 35.1 Å². The number of halogens is 1. The monoisotopic (exact) mass is 225 g/mol. The van der Waals surface area contributed by atoms with Crippen LogP contribution in [0.4, 0.5) is 5.69 Å². The maximum Gasteiger partial charge on any atom is 0.0413 e. The summed E-state index contributed by atoms with van der Waals surface area (Å²) in [6.45, 7) is 8.76. The van der Waals surface area contributed by atoms with Gasteiger partial charge >= 0.3 is 0 Å². The first-order chi connectivity index (χ1) is 6.97. The number of hydrogen-bond acceptors (Lipinski definition) is 1. The Kier molecular flexibility index (Phi) is 4.04. The van der Waals surface area contributed by atoms with E-state index in [1.54, 1.807) is 0 Å². The van der Waals surface area contributed by atoms with Crippen molar-refractivity contribution in [2.24, 2.45) is 0 Å². The lowest BCUT2D eigenvalue weighted by Crippen LogP contribution is -2.03. The summed E-state index contributed by atoms with van der Waals surface area (Å²) in [6, 6.07) is 4.12. The van der Waals surface area contributed by atoms with Gasteiger partial charge in [0.1, 0.15) is 0 Å². The van der Waals surface area contributed by atoms with Gasteiger partial charge in [-0.3, -0.25) is 0 Å². The zero-order valence-corrected chi connectivity index (χ0v) is 10.9. The van der Waals surface area contributed by atoms with Crippen LogP contribution in [0.1, 0.15) is 50.7 Å². The van der Waals surface area contributed by atoms with Gasteiger partial charge in [0.15, 0.2) is 0 Å². The van der Waals surface area contributed by atoms with E-state index in [9.17, 15) is 0 Å². The normalized spacial score (nSPS) is 11.2. The maximum atomic E-state index is 6.14. The molecule has 0 aliphatic carbocycles. The molecule has 1 nitrogen and oxygen atoms in total. The second-order valence-electron chi connectivity index (χ2n) is 4.52. The van der Waals surface area contributed by atoms with Gasteiger partial charge in [-0.1, -0.05) is 39.3 Å². The van der Waals surface area contributed by atoms with Gasteiger partial charge in [0.25, 0.3) is 0 Å². The Morgan fingerprint density at radius 1 is 1.00 bits per heavy atom. The summed E-state index contributed by atoms with van der Waals surface area (Å²) in [4.78, 5) is 0. The summed E-state index contributed by atoms with van der Waals surface area (Å²) in [6.07, 6.45) is 0. The topological polar surface area (TPSA) is 12.0 Å². The van der Waals surface area contributed by atoms with E-state index >= 15 is 0 Å². The minimum Gasteiger partial charge on any atom is -0.388 e. The molecular formula is C13H20ClN. The van der Waals surface area contributed by atoms with Crippen LogP contribution in [0.5, 0.6) is 0 Å². The highest BCUT2D eigenvalue weighted by Gasteiger charge is 2.13. The van der Waals surface area contributed by atoms with E-state index in [-0.39, 0.29) is 0 Å². The van der Waals surface area contributed by atoms with Crippen LogP contribution in [0.3, 0.4) is 0 Å². The third kappa shape index (κ3) is 2.66. The van der Waals surface area contributed by atoms with Crippen LogP contribution in [-0.4, -0.2) is 7.05 Å². The molecule has 0 spiro atoms. The molecule has 0 bridgehead atoms. The SMILES string of the molecule is CNc1c(C(C)C)cc(Cl)cc1C(C)C. The Balaban J connectivity index is 3.38. The molecule has 1 N–H and O–H groups in total. The second-order valence-corrected chi connectivity index (χ2v) is 4.96. The lowest BCUT2D eigenvalue weighted by atomic mass is 9.93. The maximum absolute atomic E-state index is 6.14. The van der Waals surface area contributed by atoms with E-state index in [1.807, 2.05) is 7.05 Å². The van der Waals surface area contributed by atoms with Gasteiger partial charge in [-0.2, -0.15) is 0 Å². The van der Waals surface area contributed by atoms with Crippen LogP contribution in [0.2, 0.25) is 5.02 Å². The first-order valence-corrected chi connectivity index (χ1v) is 5.86. The van der Waals surface area contributed by atoms with Gasteiger partial charge in [0, 0.05) is 17.8 Å². The average molecular weight is 226 g/mol. The third-order valence-electron chi connectivity index (χ3n) is 2.66. The van der Waals surface area contributed by atoms with Gasteiger partial charge in [-0.15, -0.1) is 0 Å². The van der Waals surface area contributed by atoms with Crippen molar-refractivity contribution in [2.45, 2.75) is 39.5 Å². The van der Waals surface area contributed by atoms with Crippen molar-refractivity contribution in [3.63, 3.8) is 0 Å². The molecule has 84 valence electrons. The fourth-order valence-corrected chi connectivity index (χ4v) is 2.08. The Morgan fingerprint density at radius 3 is 1.67 bits per heavy atom. The van der Waals surface area contributed by atoms with Crippen molar-refractivity contribution in [1.29, 1.82) is 0 Å². The van der Waals surface area contributed by atoms with E-state index in [0.29, 0.717) is 11.8 Å². The molecule has 0 atom stereocenters. The van der Waals surface area contributed by atoms with Crippen molar-refractivity contribution in [3.8, 4) is 0 Å². The molecule has 2 heteroatoms. The molecule has 0 amide bonds. The molecular weight excluding hydrogens is 206 g/mol. The number of rotatable bonds is 3. The summed E-state index contributed by atoms with van der Waals surface area (Å²) in [5, 5.41) is 4.13. The molecule has 0 saturated carbocycles. The van der Waals surface area contributed by atoms with E-state index in [2.05, 4.69) is 45.1 Å². The van der Waals surface area contributed by atoms with Gasteiger partial charge < -0.3 is 5.32 Å². The van der Waals surface area contributed by atoms with Crippen molar-refractivity contribution < 1.29 is 0 Å². The van der Waals surface area contributed by atoms with Gasteiger partial charge in [-0.25, -0.2) is 0 Å². The van der Waals surface area contributed by atoms with E-state index in [0.717, 1.165) is 5.02 Å². The van der Waals surface area contributed by atoms with Crippen LogP contribution < -0.4 is 5.32 Å². The van der Waals surface area contributed by atoms with Crippen LogP contribution >= 0.6 is 11.6 Å². The first kappa shape index (κ1) is 12.4. The van der Waals surface area contributed by atoms with Crippen molar-refractivity contribution >= 4 is 17.3 Å². The Labute approximate surface area is 97.8 Å². The Morgan fingerprint density at radius 2 is 1.40 bits per heavy atom. The largest absolute Gasteiger partial charge is 0.388 e. The van der Waals surface area contributed by atoms with Crippen LogP contribution in [0.15, 0.2) is 12.1 Å². The molecule has 0 heterocycles. The molecule has 0 radical (unpaired) electrons. The minimum atomic E-state index is 0.489. The predicted octanol–water partition coefficient (Wildman–Crippen LogP) is 4.63. The molecule has 1 rings (SSSR count). The van der Waals surface area contributed by atoms with E-state index < -0.39 is 0 Å². The highest BCUT2D eigenvalue weighted by molar-refractivity contribution is 6.30. The minimum absolute atomic E-state index is 0.489.